The molecule has 1 N–H and O–H groups in total. The molecule has 18 aromatic carbocycles. The van der Waals surface area contributed by atoms with Crippen molar-refractivity contribution in [2.24, 2.45) is 0 Å². The van der Waals surface area contributed by atoms with E-state index in [-0.39, 0.29) is 12.6 Å². The molecular formula is C125H109ClN6O9. The van der Waals surface area contributed by atoms with E-state index < -0.39 is 11.2 Å². The summed E-state index contributed by atoms with van der Waals surface area (Å²) in [6, 6.07) is 170. The number of hydrogen-bond donors (Lipinski definition) is 1. The summed E-state index contributed by atoms with van der Waals surface area (Å²) in [5.41, 5.74) is 26.4. The van der Waals surface area contributed by atoms with Crippen LogP contribution in [0.1, 0.15) is 26.2 Å². The van der Waals surface area contributed by atoms with Gasteiger partial charge in [-0.1, -0.05) is 250 Å². The van der Waals surface area contributed by atoms with E-state index >= 15 is 0 Å². The number of hydrogen-bond acceptors (Lipinski definition) is 15. The number of carbonyl (C=O) groups is 3. The van der Waals surface area contributed by atoms with Crippen LogP contribution in [0.5, 0.6) is 17.2 Å². The number of aliphatic hydroxyl groups is 1. The van der Waals surface area contributed by atoms with Crippen LogP contribution in [-0.4, -0.2) is 61.9 Å². The predicted octanol–water partition coefficient (Wildman–Crippen LogP) is 32.4. The van der Waals surface area contributed by atoms with Crippen molar-refractivity contribution < 1.29 is 43.2 Å². The molecule has 16 heteroatoms. The number of ether oxygens (including phenoxy) is 5. The monoisotopic (exact) mass is 1870 g/mol. The van der Waals surface area contributed by atoms with Gasteiger partial charge >= 0.3 is 11.9 Å². The highest BCUT2D eigenvalue weighted by Crippen LogP contribution is 2.44. The molecule has 700 valence electrons. The number of para-hydroxylation sites is 9. The average molecular weight is 1870 g/mol. The van der Waals surface area contributed by atoms with Crippen LogP contribution < -0.4 is 43.6 Å². The highest BCUT2D eigenvalue weighted by Gasteiger charge is 2.21. The molecule has 0 amide bonds. The summed E-state index contributed by atoms with van der Waals surface area (Å²) >= 11 is 4.71. The number of halogens is 1. The Morgan fingerprint density at radius 3 is 0.539 bits per heavy atom. The van der Waals surface area contributed by atoms with Crippen molar-refractivity contribution in [3.05, 3.63) is 517 Å². The van der Waals surface area contributed by atoms with Crippen LogP contribution in [0.2, 0.25) is 0 Å². The summed E-state index contributed by atoms with van der Waals surface area (Å²) in [5, 5.41) is 8.53. The summed E-state index contributed by atoms with van der Waals surface area (Å²) in [6.45, 7) is 10.1. The van der Waals surface area contributed by atoms with E-state index in [0.717, 1.165) is 165 Å². The first-order valence-corrected chi connectivity index (χ1v) is 47.2. The average Bonchev–Trinajstić information content (AvgIpc) is 0.807. The minimum Gasteiger partial charge on any atom is -0.494 e. The standard InChI is InChI=1S/C42H36N2O3.C41H36N2O3.C39H34N2O2.C3H3ClO/c1-2-42(45)47-32-12-31-46-41-29-27-40(28-30-41)44(37-17-10-5-11-18-37)39-25-21-34(22-26-39)33-19-23-38(24-20-33)43(35-13-6-3-7-14-35)36-15-8-4-9-16-36;1-32(44)45-30-11-31-46-41-28-26-40(27-29-41)43(37-16-9-4-10-17-37)39-24-20-34(21-25-39)33-18-22-38(23-19-33)42(35-12-5-2-6-13-35)36-14-7-3-8-15-36;42-29-10-30-43-39-27-25-38(26-28-39)41(35-15-8-3-9-16-35)37-23-19-32(20-24-37)31-17-21-36(22-18-31)40(33-11-4-1-5-12-33)34-13-6-2-7-14-34;1-2-3(4)5/h2-11,13-30H,1,12,31-32H2;2-10,12-29H,11,30-31H2,1H3;1-9,11-28,42H,10,29-30H2;2H,1H2. The lowest BCUT2D eigenvalue weighted by molar-refractivity contribution is -0.141. The molecule has 0 aliphatic carbocycles. The molecular weight excluding hydrogens is 1760 g/mol. The normalized spacial score (nSPS) is 10.5. The Labute approximate surface area is 831 Å². The van der Waals surface area contributed by atoms with Gasteiger partial charge in [0.05, 0.1) is 33.0 Å². The third-order valence-corrected chi connectivity index (χ3v) is 22.9. The van der Waals surface area contributed by atoms with E-state index in [9.17, 15) is 14.4 Å². The van der Waals surface area contributed by atoms with E-state index in [2.05, 4.69) is 419 Å². The Kier molecular flexibility index (Phi) is 35.8. The van der Waals surface area contributed by atoms with Gasteiger partial charge in [-0.25, -0.2) is 4.79 Å². The van der Waals surface area contributed by atoms with Crippen molar-refractivity contribution in [2.75, 3.05) is 69.0 Å². The number of rotatable bonds is 37. The largest absolute Gasteiger partial charge is 0.494 e. The van der Waals surface area contributed by atoms with Crippen molar-refractivity contribution in [1.82, 2.24) is 0 Å². The summed E-state index contributed by atoms with van der Waals surface area (Å²) in [7, 11) is 0. The van der Waals surface area contributed by atoms with E-state index in [1.54, 1.807) is 0 Å². The van der Waals surface area contributed by atoms with Crippen LogP contribution in [0.25, 0.3) is 33.4 Å². The second-order valence-corrected chi connectivity index (χ2v) is 32.7. The number of carbonyl (C=O) groups excluding carboxylic acids is 3. The molecule has 18 aromatic rings. The molecule has 0 aliphatic rings. The van der Waals surface area contributed by atoms with Gasteiger partial charge in [0.15, 0.2) is 0 Å². The first-order valence-electron chi connectivity index (χ1n) is 46.8. The highest BCUT2D eigenvalue weighted by atomic mass is 35.5. The number of esters is 2. The number of anilines is 18. The molecule has 0 heterocycles. The fraction of sp³-hybridized carbons (Fsp3) is 0.0800. The zero-order chi connectivity index (χ0) is 97.4. The Bertz CT molecular complexity index is 6730. The minimum atomic E-state index is -0.509. The van der Waals surface area contributed by atoms with Crippen LogP contribution in [0.4, 0.5) is 102 Å². The molecule has 0 saturated carbocycles. The topological polar surface area (TPSA) is 137 Å². The lowest BCUT2D eigenvalue weighted by Gasteiger charge is -2.26. The molecule has 0 aromatic heterocycles. The third-order valence-electron chi connectivity index (χ3n) is 22.7. The molecule has 0 saturated heterocycles. The van der Waals surface area contributed by atoms with Gasteiger partial charge in [0.2, 0.25) is 5.24 Å². The maximum Gasteiger partial charge on any atom is 0.330 e. The Morgan fingerprint density at radius 2 is 0.383 bits per heavy atom. The van der Waals surface area contributed by atoms with Crippen molar-refractivity contribution in [3.8, 4) is 50.6 Å². The van der Waals surface area contributed by atoms with Crippen molar-refractivity contribution in [2.45, 2.75) is 26.2 Å². The molecule has 0 atom stereocenters. The van der Waals surface area contributed by atoms with Gasteiger partial charge in [-0.3, -0.25) is 9.59 Å². The Balaban J connectivity index is 0.000000156. The van der Waals surface area contributed by atoms with Gasteiger partial charge in [0.25, 0.3) is 0 Å². The molecule has 18 rings (SSSR count). The summed E-state index contributed by atoms with van der Waals surface area (Å²) < 4.78 is 27.5. The van der Waals surface area contributed by atoms with Gasteiger partial charge in [-0.05, 0) is 306 Å². The Hall–Kier alpha value is -17.5. The van der Waals surface area contributed by atoms with Crippen LogP contribution in [-0.2, 0) is 23.9 Å². The number of aliphatic hydroxyl groups excluding tert-OH is 1. The van der Waals surface area contributed by atoms with Crippen LogP contribution in [0, 0.1) is 0 Å². The zero-order valence-corrected chi connectivity index (χ0v) is 79.2. The number of allylic oxidation sites excluding steroid dienone is 1. The second-order valence-electron chi connectivity index (χ2n) is 32.3. The molecule has 0 bridgehead atoms. The maximum absolute atomic E-state index is 11.2. The molecule has 0 radical (unpaired) electrons. The number of nitrogens with zero attached hydrogens (tertiary/aromatic N) is 6. The van der Waals surface area contributed by atoms with Gasteiger partial charge < -0.3 is 58.2 Å². The van der Waals surface area contributed by atoms with E-state index in [1.807, 2.05) is 115 Å². The van der Waals surface area contributed by atoms with Crippen LogP contribution in [0.15, 0.2) is 517 Å². The summed E-state index contributed by atoms with van der Waals surface area (Å²) in [5.74, 6) is 1.63. The first kappa shape index (κ1) is 98.0. The second kappa shape index (κ2) is 51.4. The number of benzene rings is 18. The molecule has 141 heavy (non-hydrogen) atoms. The van der Waals surface area contributed by atoms with E-state index in [1.165, 1.54) is 6.92 Å². The highest BCUT2D eigenvalue weighted by molar-refractivity contribution is 6.66. The van der Waals surface area contributed by atoms with Crippen LogP contribution >= 0.6 is 11.6 Å². The fourth-order valence-corrected chi connectivity index (χ4v) is 16.0. The molecule has 0 unspecified atom stereocenters. The van der Waals surface area contributed by atoms with Crippen molar-refractivity contribution >= 4 is 131 Å². The van der Waals surface area contributed by atoms with E-state index in [4.69, 9.17) is 40.4 Å². The molecule has 0 aliphatic heterocycles. The lowest BCUT2D eigenvalue weighted by atomic mass is 10.0. The zero-order valence-electron chi connectivity index (χ0n) is 78.5. The molecule has 15 nitrogen and oxygen atoms in total. The Morgan fingerprint density at radius 1 is 0.227 bits per heavy atom. The molecule has 0 spiro atoms. The lowest BCUT2D eigenvalue weighted by Crippen LogP contribution is -2.10. The van der Waals surface area contributed by atoms with E-state index in [0.29, 0.717) is 52.3 Å². The van der Waals surface area contributed by atoms with Crippen molar-refractivity contribution in [1.29, 1.82) is 0 Å². The van der Waals surface area contributed by atoms with Gasteiger partial charge in [-0.15, -0.1) is 0 Å². The summed E-state index contributed by atoms with van der Waals surface area (Å²) in [4.78, 5) is 45.1. The van der Waals surface area contributed by atoms with Gasteiger partial charge in [0, 0.05) is 141 Å². The summed E-state index contributed by atoms with van der Waals surface area (Å²) in [6.07, 6.45) is 4.07. The quantitative estimate of drug-likeness (QED) is 0.0171. The SMILES string of the molecule is C=CC(=O)Cl.C=CC(=O)OCCCOc1ccc(N(c2ccccc2)c2ccc(-c3ccc(N(c4ccccc4)c4ccccc4)cc3)cc2)cc1.CC(=O)OCCCOc1ccc(N(c2ccccc2)c2ccc(-c3ccc(N(c4ccccc4)c4ccccc4)cc3)cc2)cc1.OCCCOc1ccc(N(c2ccccc2)c2ccc(-c3ccc(N(c4ccccc4)c4ccccc4)cc3)cc2)cc1. The fourth-order valence-electron chi connectivity index (χ4n) is 16.0. The first-order chi connectivity index (χ1) is 69.4. The van der Waals surface area contributed by atoms with Crippen LogP contribution in [0.3, 0.4) is 0 Å². The predicted molar refractivity (Wildman–Crippen MR) is 580 cm³/mol. The van der Waals surface area contributed by atoms with Crippen molar-refractivity contribution in [3.63, 3.8) is 0 Å². The molecule has 0 fully saturated rings. The minimum absolute atomic E-state index is 0.125. The smallest absolute Gasteiger partial charge is 0.330 e. The maximum atomic E-state index is 11.2. The third kappa shape index (κ3) is 27.7. The van der Waals surface area contributed by atoms with Gasteiger partial charge in [0.1, 0.15) is 17.2 Å². The van der Waals surface area contributed by atoms with Gasteiger partial charge in [-0.2, -0.15) is 0 Å².